The normalized spacial score (nSPS) is 40.3. The lowest BCUT2D eigenvalue weighted by Crippen LogP contribution is -2.57. The highest BCUT2D eigenvalue weighted by atomic mass is 16.5. The minimum absolute atomic E-state index is 0.546. The number of nitrogens with zero attached hydrogens (tertiary/aromatic N) is 2. The predicted molar refractivity (Wildman–Crippen MR) is 64.6 cm³/mol. The van der Waals surface area contributed by atoms with E-state index in [2.05, 4.69) is 23.6 Å². The minimum Gasteiger partial charge on any atom is -0.377 e. The Kier molecular flexibility index (Phi) is 2.94. The summed E-state index contributed by atoms with van der Waals surface area (Å²) in [6.07, 6.45) is 4.64. The first-order valence-electron chi connectivity index (χ1n) is 6.85. The van der Waals surface area contributed by atoms with Gasteiger partial charge in [-0.1, -0.05) is 0 Å². The lowest BCUT2D eigenvalue weighted by Gasteiger charge is -2.45. The Balaban J connectivity index is 1.58. The van der Waals surface area contributed by atoms with E-state index in [0.717, 1.165) is 24.7 Å². The summed E-state index contributed by atoms with van der Waals surface area (Å²) in [5.41, 5.74) is 0. The van der Waals surface area contributed by atoms with Gasteiger partial charge in [-0.05, 0) is 33.1 Å². The number of likely N-dealkylation sites (tertiary alicyclic amines) is 1. The van der Waals surface area contributed by atoms with Gasteiger partial charge in [-0.25, -0.2) is 0 Å². The van der Waals surface area contributed by atoms with Gasteiger partial charge in [0.15, 0.2) is 0 Å². The third kappa shape index (κ3) is 1.89. The highest BCUT2D eigenvalue weighted by Gasteiger charge is 2.41. The van der Waals surface area contributed by atoms with Gasteiger partial charge in [0.2, 0.25) is 0 Å². The Morgan fingerprint density at radius 3 is 2.19 bits per heavy atom. The zero-order valence-electron chi connectivity index (χ0n) is 10.6. The summed E-state index contributed by atoms with van der Waals surface area (Å²) in [5.74, 6) is 0. The van der Waals surface area contributed by atoms with E-state index in [1.54, 1.807) is 0 Å². The molecule has 0 radical (unpaired) electrons. The molecule has 0 aromatic carbocycles. The third-order valence-electron chi connectivity index (χ3n) is 4.47. The second kappa shape index (κ2) is 4.28. The summed E-state index contributed by atoms with van der Waals surface area (Å²) in [6, 6.07) is 2.36. The summed E-state index contributed by atoms with van der Waals surface area (Å²) in [6.45, 7) is 9.40. The number of piperazine rings is 1. The van der Waals surface area contributed by atoms with Crippen LogP contribution in [0.4, 0.5) is 0 Å². The molecule has 3 saturated heterocycles. The fourth-order valence-electron chi connectivity index (χ4n) is 3.73. The fourth-order valence-corrected chi connectivity index (χ4v) is 3.73. The number of hydrogen-bond donors (Lipinski definition) is 0. The molecular formula is C13H24N2O. The standard InChI is InChI=1S/C13H24N2O/c1-10(2)15-11-3-4-12(15)8-14(7-11)9-13-5-6-16-13/h10-13H,3-9H2,1-2H3. The van der Waals surface area contributed by atoms with Crippen molar-refractivity contribution in [3.8, 4) is 0 Å². The lowest BCUT2D eigenvalue weighted by atomic mass is 10.1. The molecule has 0 aliphatic carbocycles. The molecule has 3 aliphatic heterocycles. The van der Waals surface area contributed by atoms with Crippen LogP contribution in [0.5, 0.6) is 0 Å². The molecule has 16 heavy (non-hydrogen) atoms. The Morgan fingerprint density at radius 2 is 1.75 bits per heavy atom. The lowest BCUT2D eigenvalue weighted by molar-refractivity contribution is -0.0780. The van der Waals surface area contributed by atoms with E-state index >= 15 is 0 Å². The molecule has 92 valence electrons. The van der Waals surface area contributed by atoms with Gasteiger partial charge < -0.3 is 4.74 Å². The maximum atomic E-state index is 5.54. The van der Waals surface area contributed by atoms with Gasteiger partial charge in [-0.2, -0.15) is 0 Å². The van der Waals surface area contributed by atoms with Crippen LogP contribution in [0, 0.1) is 0 Å². The van der Waals surface area contributed by atoms with Crippen molar-refractivity contribution < 1.29 is 4.74 Å². The van der Waals surface area contributed by atoms with Crippen LogP contribution >= 0.6 is 0 Å². The maximum absolute atomic E-state index is 5.54. The van der Waals surface area contributed by atoms with E-state index in [9.17, 15) is 0 Å². The number of fused-ring (bicyclic) bond motifs is 2. The first kappa shape index (κ1) is 11.0. The van der Waals surface area contributed by atoms with Crippen LogP contribution in [0.25, 0.3) is 0 Å². The van der Waals surface area contributed by atoms with Crippen molar-refractivity contribution in [3.63, 3.8) is 0 Å². The molecule has 0 spiro atoms. The first-order chi connectivity index (χ1) is 7.74. The SMILES string of the molecule is CC(C)N1C2CCC1CN(CC1CCO1)C2. The zero-order valence-corrected chi connectivity index (χ0v) is 10.6. The van der Waals surface area contributed by atoms with E-state index in [1.807, 2.05) is 0 Å². The van der Waals surface area contributed by atoms with Crippen molar-refractivity contribution in [2.45, 2.75) is 57.3 Å². The summed E-state index contributed by atoms with van der Waals surface area (Å²) in [4.78, 5) is 5.39. The molecule has 0 aromatic heterocycles. The van der Waals surface area contributed by atoms with Crippen LogP contribution in [0.15, 0.2) is 0 Å². The highest BCUT2D eigenvalue weighted by molar-refractivity contribution is 4.97. The monoisotopic (exact) mass is 224 g/mol. The molecule has 3 rings (SSSR count). The molecule has 3 nitrogen and oxygen atoms in total. The van der Waals surface area contributed by atoms with Crippen LogP contribution in [0.1, 0.15) is 33.1 Å². The average Bonchev–Trinajstić information content (AvgIpc) is 2.45. The van der Waals surface area contributed by atoms with E-state index in [0.29, 0.717) is 6.10 Å². The van der Waals surface area contributed by atoms with Gasteiger partial charge in [-0.15, -0.1) is 0 Å². The van der Waals surface area contributed by atoms with Crippen LogP contribution in [0.2, 0.25) is 0 Å². The second-order valence-electron chi connectivity index (χ2n) is 5.93. The molecule has 0 saturated carbocycles. The smallest absolute Gasteiger partial charge is 0.0723 e. The summed E-state index contributed by atoms with van der Waals surface area (Å²) >= 11 is 0. The summed E-state index contributed by atoms with van der Waals surface area (Å²) in [5, 5.41) is 0. The number of hydrogen-bond acceptors (Lipinski definition) is 3. The van der Waals surface area contributed by atoms with E-state index in [4.69, 9.17) is 4.74 Å². The van der Waals surface area contributed by atoms with Crippen LogP contribution < -0.4 is 0 Å². The van der Waals surface area contributed by atoms with Crippen molar-refractivity contribution in [2.24, 2.45) is 0 Å². The average molecular weight is 224 g/mol. The Labute approximate surface area is 98.7 Å². The molecule has 3 fully saturated rings. The van der Waals surface area contributed by atoms with Crippen LogP contribution in [-0.4, -0.2) is 60.3 Å². The van der Waals surface area contributed by atoms with Crippen molar-refractivity contribution in [3.05, 3.63) is 0 Å². The molecule has 0 amide bonds. The molecule has 3 aliphatic rings. The van der Waals surface area contributed by atoms with Crippen molar-refractivity contribution >= 4 is 0 Å². The Hall–Kier alpha value is -0.120. The zero-order chi connectivity index (χ0) is 11.1. The number of rotatable bonds is 3. The number of ether oxygens (including phenoxy) is 1. The van der Waals surface area contributed by atoms with E-state index < -0.39 is 0 Å². The molecule has 0 aromatic rings. The highest BCUT2D eigenvalue weighted by Crippen LogP contribution is 2.32. The van der Waals surface area contributed by atoms with E-state index in [1.165, 1.54) is 38.9 Å². The molecular weight excluding hydrogens is 200 g/mol. The van der Waals surface area contributed by atoms with E-state index in [-0.39, 0.29) is 0 Å². The molecule has 2 bridgehead atoms. The van der Waals surface area contributed by atoms with Crippen molar-refractivity contribution in [2.75, 3.05) is 26.2 Å². The van der Waals surface area contributed by atoms with Gasteiger partial charge in [-0.3, -0.25) is 9.80 Å². The van der Waals surface area contributed by atoms with Crippen LogP contribution in [0.3, 0.4) is 0 Å². The largest absolute Gasteiger partial charge is 0.377 e. The maximum Gasteiger partial charge on any atom is 0.0723 e. The fraction of sp³-hybridized carbons (Fsp3) is 1.00. The van der Waals surface area contributed by atoms with Crippen molar-refractivity contribution in [1.29, 1.82) is 0 Å². The summed E-state index contributed by atoms with van der Waals surface area (Å²) in [7, 11) is 0. The molecule has 3 heteroatoms. The van der Waals surface area contributed by atoms with Gasteiger partial charge in [0.05, 0.1) is 6.10 Å². The minimum atomic E-state index is 0.546. The molecule has 3 unspecified atom stereocenters. The van der Waals surface area contributed by atoms with Crippen molar-refractivity contribution in [1.82, 2.24) is 9.80 Å². The Morgan fingerprint density at radius 1 is 1.12 bits per heavy atom. The Bertz CT molecular complexity index is 238. The first-order valence-corrected chi connectivity index (χ1v) is 6.85. The van der Waals surface area contributed by atoms with Gasteiger partial charge in [0, 0.05) is 44.4 Å². The quantitative estimate of drug-likeness (QED) is 0.719. The third-order valence-corrected chi connectivity index (χ3v) is 4.47. The second-order valence-corrected chi connectivity index (χ2v) is 5.93. The predicted octanol–water partition coefficient (Wildman–Crippen LogP) is 1.33. The van der Waals surface area contributed by atoms with Gasteiger partial charge >= 0.3 is 0 Å². The molecule has 3 heterocycles. The van der Waals surface area contributed by atoms with Crippen LogP contribution in [-0.2, 0) is 4.74 Å². The van der Waals surface area contributed by atoms with Gasteiger partial charge in [0.25, 0.3) is 0 Å². The topological polar surface area (TPSA) is 15.7 Å². The van der Waals surface area contributed by atoms with Gasteiger partial charge in [0.1, 0.15) is 0 Å². The molecule has 0 N–H and O–H groups in total. The molecule has 3 atom stereocenters. The summed E-state index contributed by atoms with van der Waals surface area (Å²) < 4.78 is 5.54.